The van der Waals surface area contributed by atoms with E-state index in [0.29, 0.717) is 36.7 Å². The number of ether oxygens (including phenoxy) is 6. The number of fused-ring (bicyclic) bond motifs is 1. The highest BCUT2D eigenvalue weighted by Crippen LogP contribution is 2.44. The Bertz CT molecular complexity index is 856. The van der Waals surface area contributed by atoms with Crippen molar-refractivity contribution in [2.75, 3.05) is 34.7 Å². The van der Waals surface area contributed by atoms with Gasteiger partial charge in [0, 0.05) is 11.8 Å². The van der Waals surface area contributed by atoms with Crippen LogP contribution in [0.1, 0.15) is 17.5 Å². The van der Waals surface area contributed by atoms with E-state index in [1.165, 1.54) is 0 Å². The molecule has 2 aromatic carbocycles. The lowest BCUT2D eigenvalue weighted by Crippen LogP contribution is -2.27. The monoisotopic (exact) mass is 402 g/mol. The standard InChI is InChI=1S/C22H26O7/c1-24-18-7-15(8-19(25-2)21(18)26-3)10-22(11-20(23)27-12-22)9-14-4-5-16-17(6-14)29-13-28-16/h4-8,20,23H,9-13H2,1-3H3. The second-order valence-corrected chi connectivity index (χ2v) is 7.54. The first-order chi connectivity index (χ1) is 14.1. The molecule has 2 heterocycles. The van der Waals surface area contributed by atoms with E-state index in [9.17, 15) is 5.11 Å². The second kappa shape index (κ2) is 8.00. The molecule has 2 aliphatic heterocycles. The number of rotatable bonds is 7. The van der Waals surface area contributed by atoms with Crippen LogP contribution < -0.4 is 23.7 Å². The van der Waals surface area contributed by atoms with Crippen LogP contribution in [-0.2, 0) is 17.6 Å². The van der Waals surface area contributed by atoms with Gasteiger partial charge in [0.1, 0.15) is 0 Å². The Balaban J connectivity index is 1.64. The summed E-state index contributed by atoms with van der Waals surface area (Å²) >= 11 is 0. The number of benzene rings is 2. The van der Waals surface area contributed by atoms with Gasteiger partial charge in [-0.1, -0.05) is 6.07 Å². The minimum Gasteiger partial charge on any atom is -0.493 e. The Hall–Kier alpha value is -2.64. The normalized spacial score (nSPS) is 22.6. The van der Waals surface area contributed by atoms with Crippen LogP contribution in [-0.4, -0.2) is 46.1 Å². The zero-order chi connectivity index (χ0) is 20.4. The molecule has 4 rings (SSSR count). The highest BCUT2D eigenvalue weighted by Gasteiger charge is 2.40. The largest absolute Gasteiger partial charge is 0.493 e. The zero-order valence-electron chi connectivity index (χ0n) is 16.9. The molecule has 0 saturated carbocycles. The molecule has 1 fully saturated rings. The predicted octanol–water partition coefficient (Wildman–Crippen LogP) is 2.95. The predicted molar refractivity (Wildman–Crippen MR) is 105 cm³/mol. The number of methoxy groups -OCH3 is 3. The van der Waals surface area contributed by atoms with Crippen molar-refractivity contribution in [1.29, 1.82) is 0 Å². The number of aliphatic hydroxyl groups is 1. The van der Waals surface area contributed by atoms with E-state index in [2.05, 4.69) is 0 Å². The maximum atomic E-state index is 10.1. The van der Waals surface area contributed by atoms with Crippen molar-refractivity contribution >= 4 is 0 Å². The van der Waals surface area contributed by atoms with Crippen LogP contribution in [0.15, 0.2) is 30.3 Å². The molecular formula is C22H26O7. The molecule has 0 amide bonds. The van der Waals surface area contributed by atoms with E-state index < -0.39 is 6.29 Å². The summed E-state index contributed by atoms with van der Waals surface area (Å²) in [5.74, 6) is 3.30. The zero-order valence-corrected chi connectivity index (χ0v) is 16.9. The fourth-order valence-corrected chi connectivity index (χ4v) is 4.22. The van der Waals surface area contributed by atoms with Crippen LogP contribution in [0.2, 0.25) is 0 Å². The van der Waals surface area contributed by atoms with Crippen molar-refractivity contribution in [3.8, 4) is 28.7 Å². The molecule has 1 N–H and O–H groups in total. The van der Waals surface area contributed by atoms with Crippen LogP contribution >= 0.6 is 0 Å². The molecule has 29 heavy (non-hydrogen) atoms. The van der Waals surface area contributed by atoms with Gasteiger partial charge < -0.3 is 33.5 Å². The molecule has 2 unspecified atom stereocenters. The maximum Gasteiger partial charge on any atom is 0.231 e. The second-order valence-electron chi connectivity index (χ2n) is 7.54. The number of hydrogen-bond acceptors (Lipinski definition) is 7. The Morgan fingerprint density at radius 1 is 0.931 bits per heavy atom. The van der Waals surface area contributed by atoms with Gasteiger partial charge in [0.25, 0.3) is 0 Å². The van der Waals surface area contributed by atoms with E-state index in [1.807, 2.05) is 30.3 Å². The van der Waals surface area contributed by atoms with Crippen molar-refractivity contribution in [2.24, 2.45) is 5.41 Å². The lowest BCUT2D eigenvalue weighted by Gasteiger charge is -2.28. The van der Waals surface area contributed by atoms with Gasteiger partial charge in [0.05, 0.1) is 27.9 Å². The lowest BCUT2D eigenvalue weighted by molar-refractivity contribution is -0.0596. The third-order valence-electron chi connectivity index (χ3n) is 5.51. The van der Waals surface area contributed by atoms with Gasteiger partial charge in [-0.25, -0.2) is 0 Å². The minimum atomic E-state index is -0.772. The first-order valence-corrected chi connectivity index (χ1v) is 9.53. The average Bonchev–Trinajstić information content (AvgIpc) is 3.33. The summed E-state index contributed by atoms with van der Waals surface area (Å²) in [5, 5.41) is 10.1. The van der Waals surface area contributed by atoms with Gasteiger partial charge in [-0.15, -0.1) is 0 Å². The fourth-order valence-electron chi connectivity index (χ4n) is 4.22. The summed E-state index contributed by atoms with van der Waals surface area (Å²) < 4.78 is 32.9. The molecule has 0 aliphatic carbocycles. The van der Waals surface area contributed by atoms with E-state index in [4.69, 9.17) is 28.4 Å². The van der Waals surface area contributed by atoms with Gasteiger partial charge in [0.15, 0.2) is 29.3 Å². The lowest BCUT2D eigenvalue weighted by atomic mass is 9.75. The van der Waals surface area contributed by atoms with E-state index in [0.717, 1.165) is 29.0 Å². The highest BCUT2D eigenvalue weighted by molar-refractivity contribution is 5.54. The summed E-state index contributed by atoms with van der Waals surface area (Å²) in [4.78, 5) is 0. The molecule has 0 aromatic heterocycles. The molecule has 0 spiro atoms. The molecule has 156 valence electrons. The van der Waals surface area contributed by atoms with Gasteiger partial charge in [-0.3, -0.25) is 0 Å². The number of aliphatic hydroxyl groups excluding tert-OH is 1. The Morgan fingerprint density at radius 3 is 2.24 bits per heavy atom. The summed E-state index contributed by atoms with van der Waals surface area (Å²) in [5.41, 5.74) is 1.87. The average molecular weight is 402 g/mol. The van der Waals surface area contributed by atoms with Gasteiger partial charge in [-0.2, -0.15) is 0 Å². The summed E-state index contributed by atoms with van der Waals surface area (Å²) in [6, 6.07) is 9.87. The minimum absolute atomic E-state index is 0.247. The highest BCUT2D eigenvalue weighted by atomic mass is 16.7. The Labute approximate surface area is 170 Å². The molecule has 7 heteroatoms. The van der Waals surface area contributed by atoms with Gasteiger partial charge >= 0.3 is 0 Å². The van der Waals surface area contributed by atoms with Crippen LogP contribution in [0.3, 0.4) is 0 Å². The molecule has 0 bridgehead atoms. The topological polar surface area (TPSA) is 75.6 Å². The van der Waals surface area contributed by atoms with E-state index in [1.54, 1.807) is 21.3 Å². The summed E-state index contributed by atoms with van der Waals surface area (Å²) in [6.45, 7) is 0.705. The molecule has 1 saturated heterocycles. The third kappa shape index (κ3) is 3.93. The fraction of sp³-hybridized carbons (Fsp3) is 0.455. The Kier molecular flexibility index (Phi) is 5.43. The van der Waals surface area contributed by atoms with Gasteiger partial charge in [0.2, 0.25) is 12.5 Å². The molecule has 2 atom stereocenters. The van der Waals surface area contributed by atoms with Crippen LogP contribution in [0.25, 0.3) is 0 Å². The van der Waals surface area contributed by atoms with E-state index in [-0.39, 0.29) is 12.2 Å². The van der Waals surface area contributed by atoms with Crippen LogP contribution in [0.5, 0.6) is 28.7 Å². The maximum absolute atomic E-state index is 10.1. The number of hydrogen-bond donors (Lipinski definition) is 1. The van der Waals surface area contributed by atoms with Crippen LogP contribution in [0.4, 0.5) is 0 Å². The Morgan fingerprint density at radius 2 is 1.62 bits per heavy atom. The van der Waals surface area contributed by atoms with Crippen molar-refractivity contribution in [1.82, 2.24) is 0 Å². The van der Waals surface area contributed by atoms with E-state index >= 15 is 0 Å². The third-order valence-corrected chi connectivity index (χ3v) is 5.51. The smallest absolute Gasteiger partial charge is 0.231 e. The van der Waals surface area contributed by atoms with Gasteiger partial charge in [-0.05, 0) is 48.2 Å². The molecule has 0 radical (unpaired) electrons. The first-order valence-electron chi connectivity index (χ1n) is 9.53. The van der Waals surface area contributed by atoms with Crippen molar-refractivity contribution in [2.45, 2.75) is 25.6 Å². The quantitative estimate of drug-likeness (QED) is 0.763. The summed E-state index contributed by atoms with van der Waals surface area (Å²) in [6.07, 6.45) is 1.19. The van der Waals surface area contributed by atoms with Crippen molar-refractivity contribution in [3.05, 3.63) is 41.5 Å². The summed E-state index contributed by atoms with van der Waals surface area (Å²) in [7, 11) is 4.79. The molecular weight excluding hydrogens is 376 g/mol. The first kappa shape index (κ1) is 19.7. The van der Waals surface area contributed by atoms with Crippen molar-refractivity contribution in [3.63, 3.8) is 0 Å². The van der Waals surface area contributed by atoms with Crippen molar-refractivity contribution < 1.29 is 33.5 Å². The molecule has 7 nitrogen and oxygen atoms in total. The van der Waals surface area contributed by atoms with Crippen LogP contribution in [0, 0.1) is 5.41 Å². The SMILES string of the molecule is COc1cc(CC2(Cc3ccc4c(c3)OCO4)COC(O)C2)cc(OC)c1OC. The molecule has 2 aromatic rings. The molecule has 2 aliphatic rings.